The lowest BCUT2D eigenvalue weighted by Crippen LogP contribution is -2.40. The van der Waals surface area contributed by atoms with E-state index in [2.05, 4.69) is 30.3 Å². The Bertz CT molecular complexity index is 816. The van der Waals surface area contributed by atoms with Crippen molar-refractivity contribution in [3.8, 4) is 11.5 Å². The van der Waals surface area contributed by atoms with E-state index in [-0.39, 0.29) is 17.6 Å². The summed E-state index contributed by atoms with van der Waals surface area (Å²) in [7, 11) is 0. The fourth-order valence-corrected chi connectivity index (χ4v) is 6.43. The molecule has 2 fully saturated rings. The third-order valence-corrected chi connectivity index (χ3v) is 7.34. The van der Waals surface area contributed by atoms with Gasteiger partial charge >= 0.3 is 0 Å². The lowest BCUT2D eigenvalue weighted by molar-refractivity contribution is 0.0481. The second kappa shape index (κ2) is 6.02. The molecule has 2 aromatic carbocycles. The van der Waals surface area contributed by atoms with E-state index < -0.39 is 0 Å². The maximum absolute atomic E-state index is 10.6. The number of benzene rings is 2. The van der Waals surface area contributed by atoms with Crippen molar-refractivity contribution in [1.29, 1.82) is 0 Å². The van der Waals surface area contributed by atoms with Crippen LogP contribution in [0.3, 0.4) is 0 Å². The number of rotatable bonds is 1. The number of hydrogen-bond acceptors (Lipinski definition) is 3. The van der Waals surface area contributed by atoms with Crippen LogP contribution >= 0.6 is 0 Å². The quantitative estimate of drug-likeness (QED) is 0.718. The SMILES string of the molecule is Oc1cc(O)c2c(c1)C[C@@H](c1ccccc1)[C@H]1[C@@H]3CCC(O)[C@H]3CC[C@H]21. The van der Waals surface area contributed by atoms with E-state index in [0.29, 0.717) is 29.6 Å². The smallest absolute Gasteiger partial charge is 0.123 e. The van der Waals surface area contributed by atoms with Crippen LogP contribution in [0.2, 0.25) is 0 Å². The van der Waals surface area contributed by atoms with Crippen LogP contribution in [0.5, 0.6) is 11.5 Å². The maximum Gasteiger partial charge on any atom is 0.123 e. The average molecular weight is 350 g/mol. The number of phenols is 2. The highest BCUT2D eigenvalue weighted by molar-refractivity contribution is 5.51. The van der Waals surface area contributed by atoms with E-state index in [9.17, 15) is 15.3 Å². The Balaban J connectivity index is 1.65. The number of fused-ring (bicyclic) bond motifs is 5. The molecule has 1 unspecified atom stereocenters. The molecule has 5 rings (SSSR count). The van der Waals surface area contributed by atoms with Gasteiger partial charge in [0.2, 0.25) is 0 Å². The summed E-state index contributed by atoms with van der Waals surface area (Å²) in [4.78, 5) is 0. The Kier molecular flexibility index (Phi) is 3.75. The molecule has 0 amide bonds. The zero-order chi connectivity index (χ0) is 17.8. The van der Waals surface area contributed by atoms with Gasteiger partial charge in [-0.3, -0.25) is 0 Å². The van der Waals surface area contributed by atoms with Gasteiger partial charge in [-0.2, -0.15) is 0 Å². The Morgan fingerprint density at radius 2 is 1.58 bits per heavy atom. The minimum atomic E-state index is -0.160. The van der Waals surface area contributed by atoms with Crippen molar-refractivity contribution in [3.63, 3.8) is 0 Å². The predicted octanol–water partition coefficient (Wildman–Crippen LogP) is 4.32. The summed E-state index contributed by atoms with van der Waals surface area (Å²) in [5, 5.41) is 31.1. The van der Waals surface area contributed by atoms with Gasteiger partial charge in [-0.25, -0.2) is 0 Å². The first-order valence-electron chi connectivity index (χ1n) is 9.91. The third kappa shape index (κ3) is 2.37. The lowest BCUT2D eigenvalue weighted by Gasteiger charge is -2.49. The van der Waals surface area contributed by atoms with Crippen LogP contribution in [0.15, 0.2) is 42.5 Å². The summed E-state index contributed by atoms with van der Waals surface area (Å²) >= 11 is 0. The Hall–Kier alpha value is -2.00. The summed E-state index contributed by atoms with van der Waals surface area (Å²) in [5.74, 6) is 2.48. The molecule has 136 valence electrons. The first-order valence-corrected chi connectivity index (χ1v) is 9.91. The molecular weight excluding hydrogens is 324 g/mol. The van der Waals surface area contributed by atoms with Crippen LogP contribution in [-0.2, 0) is 6.42 Å². The van der Waals surface area contributed by atoms with Crippen LogP contribution in [0.1, 0.15) is 54.2 Å². The van der Waals surface area contributed by atoms with Gasteiger partial charge in [0.1, 0.15) is 11.5 Å². The average Bonchev–Trinajstić information content (AvgIpc) is 3.02. The van der Waals surface area contributed by atoms with Crippen LogP contribution in [-0.4, -0.2) is 21.4 Å². The Morgan fingerprint density at radius 3 is 2.38 bits per heavy atom. The van der Waals surface area contributed by atoms with Crippen LogP contribution < -0.4 is 0 Å². The minimum Gasteiger partial charge on any atom is -0.508 e. The van der Waals surface area contributed by atoms with Crippen molar-refractivity contribution in [3.05, 3.63) is 59.2 Å². The minimum absolute atomic E-state index is 0.150. The summed E-state index contributed by atoms with van der Waals surface area (Å²) < 4.78 is 0. The molecule has 2 aromatic rings. The standard InChI is InChI=1S/C23H26O3/c24-15-10-14-11-19(13-4-2-1-3-5-13)23-17-8-9-20(25)16(17)6-7-18(23)22(14)21(26)12-15/h1-5,10,12,16-20,23-26H,6-9,11H2/t16-,17+,18+,19-,20?,23-/m0/s1. The molecule has 2 saturated carbocycles. The van der Waals surface area contributed by atoms with Crippen molar-refractivity contribution in [1.82, 2.24) is 0 Å². The molecule has 0 radical (unpaired) electrons. The van der Waals surface area contributed by atoms with Gasteiger partial charge in [0.25, 0.3) is 0 Å². The maximum atomic E-state index is 10.6. The van der Waals surface area contributed by atoms with E-state index >= 15 is 0 Å². The fraction of sp³-hybridized carbons (Fsp3) is 0.478. The molecule has 0 aromatic heterocycles. The zero-order valence-electron chi connectivity index (χ0n) is 14.9. The van der Waals surface area contributed by atoms with E-state index in [1.54, 1.807) is 0 Å². The van der Waals surface area contributed by atoms with Crippen molar-refractivity contribution in [2.24, 2.45) is 17.8 Å². The number of aliphatic hydroxyl groups is 1. The van der Waals surface area contributed by atoms with Crippen molar-refractivity contribution >= 4 is 0 Å². The molecule has 6 atom stereocenters. The molecule has 0 aliphatic heterocycles. The summed E-state index contributed by atoms with van der Waals surface area (Å²) in [6.07, 6.45) is 4.74. The number of phenolic OH excluding ortho intramolecular Hbond substituents is 2. The van der Waals surface area contributed by atoms with Crippen molar-refractivity contribution < 1.29 is 15.3 Å². The summed E-state index contributed by atoms with van der Waals surface area (Å²) in [5.41, 5.74) is 3.49. The van der Waals surface area contributed by atoms with Gasteiger partial charge in [-0.05, 0) is 78.9 Å². The Morgan fingerprint density at radius 1 is 0.808 bits per heavy atom. The van der Waals surface area contributed by atoms with Gasteiger partial charge in [-0.1, -0.05) is 30.3 Å². The highest BCUT2D eigenvalue weighted by Crippen LogP contribution is 2.60. The molecular formula is C23H26O3. The number of hydrogen-bond donors (Lipinski definition) is 3. The second-order valence-corrected chi connectivity index (χ2v) is 8.49. The van der Waals surface area contributed by atoms with Gasteiger partial charge in [-0.15, -0.1) is 0 Å². The summed E-state index contributed by atoms with van der Waals surface area (Å²) in [6, 6.07) is 14.0. The van der Waals surface area contributed by atoms with Gasteiger partial charge in [0.15, 0.2) is 0 Å². The van der Waals surface area contributed by atoms with Crippen molar-refractivity contribution in [2.75, 3.05) is 0 Å². The van der Waals surface area contributed by atoms with E-state index in [1.807, 2.05) is 6.07 Å². The largest absolute Gasteiger partial charge is 0.508 e. The fourth-order valence-electron chi connectivity index (χ4n) is 6.43. The molecule has 3 heteroatoms. The molecule has 0 spiro atoms. The van der Waals surface area contributed by atoms with Crippen LogP contribution in [0.4, 0.5) is 0 Å². The van der Waals surface area contributed by atoms with Gasteiger partial charge in [0.05, 0.1) is 6.10 Å². The number of aromatic hydroxyl groups is 2. The highest BCUT2D eigenvalue weighted by Gasteiger charge is 2.51. The summed E-state index contributed by atoms with van der Waals surface area (Å²) in [6.45, 7) is 0. The molecule has 0 bridgehead atoms. The van der Waals surface area contributed by atoms with E-state index in [0.717, 1.165) is 43.2 Å². The third-order valence-electron chi connectivity index (χ3n) is 7.34. The van der Waals surface area contributed by atoms with Crippen LogP contribution in [0.25, 0.3) is 0 Å². The molecule has 3 aliphatic carbocycles. The molecule has 0 saturated heterocycles. The normalized spacial score (nSPS) is 35.4. The molecule has 26 heavy (non-hydrogen) atoms. The zero-order valence-corrected chi connectivity index (χ0v) is 14.9. The van der Waals surface area contributed by atoms with Crippen LogP contribution in [0, 0.1) is 17.8 Å². The molecule has 3 N–H and O–H groups in total. The number of aliphatic hydroxyl groups excluding tert-OH is 1. The van der Waals surface area contributed by atoms with E-state index in [1.165, 1.54) is 11.6 Å². The predicted molar refractivity (Wildman–Crippen MR) is 100 cm³/mol. The van der Waals surface area contributed by atoms with E-state index in [4.69, 9.17) is 0 Å². The Labute approximate surface area is 154 Å². The molecule has 3 aliphatic rings. The van der Waals surface area contributed by atoms with Gasteiger partial charge < -0.3 is 15.3 Å². The van der Waals surface area contributed by atoms with Crippen molar-refractivity contribution in [2.45, 2.75) is 50.0 Å². The lowest BCUT2D eigenvalue weighted by atomic mass is 9.55. The molecule has 3 nitrogen and oxygen atoms in total. The van der Waals surface area contributed by atoms with Gasteiger partial charge in [0, 0.05) is 11.6 Å². The second-order valence-electron chi connectivity index (χ2n) is 8.49. The molecule has 0 heterocycles. The highest BCUT2D eigenvalue weighted by atomic mass is 16.3. The monoisotopic (exact) mass is 350 g/mol. The first kappa shape index (κ1) is 16.2. The topological polar surface area (TPSA) is 60.7 Å². The first-order chi connectivity index (χ1) is 12.6.